The van der Waals surface area contributed by atoms with E-state index in [0.29, 0.717) is 6.42 Å². The summed E-state index contributed by atoms with van der Waals surface area (Å²) in [4.78, 5) is 10.3. The average Bonchev–Trinajstić information content (AvgIpc) is 2.43. The highest BCUT2D eigenvalue weighted by atomic mass is 79.9. The zero-order valence-corrected chi connectivity index (χ0v) is 9.49. The van der Waals surface area contributed by atoms with E-state index in [1.807, 2.05) is 23.9 Å². The smallest absolute Gasteiger partial charge is 0.303 e. The van der Waals surface area contributed by atoms with Crippen molar-refractivity contribution in [3.63, 3.8) is 0 Å². The van der Waals surface area contributed by atoms with Gasteiger partial charge in [0.1, 0.15) is 0 Å². The number of hydrogen-bond acceptors (Lipinski definition) is 2. The fourth-order valence-electron chi connectivity index (χ4n) is 1.21. The Balaban J connectivity index is 2.60. The van der Waals surface area contributed by atoms with Gasteiger partial charge in [-0.2, -0.15) is 0 Å². The van der Waals surface area contributed by atoms with Crippen LogP contribution in [-0.4, -0.2) is 15.6 Å². The van der Waals surface area contributed by atoms with E-state index in [2.05, 4.69) is 15.9 Å². The summed E-state index contributed by atoms with van der Waals surface area (Å²) in [6.07, 6.45) is 2.47. The van der Waals surface area contributed by atoms with Gasteiger partial charge in [-0.3, -0.25) is 4.79 Å². The van der Waals surface area contributed by atoms with Crippen LogP contribution in [0.3, 0.4) is 0 Å². The number of nitrogens with zero attached hydrogens (tertiary/aromatic N) is 1. The van der Waals surface area contributed by atoms with Gasteiger partial charge in [0, 0.05) is 25.7 Å². The van der Waals surface area contributed by atoms with Crippen LogP contribution in [0.1, 0.15) is 24.4 Å². The molecule has 1 aromatic heterocycles. The molecule has 1 atom stereocenters. The molecule has 0 saturated heterocycles. The van der Waals surface area contributed by atoms with Crippen molar-refractivity contribution in [3.8, 4) is 0 Å². The number of nitrogens with two attached hydrogens (primary N) is 1. The summed E-state index contributed by atoms with van der Waals surface area (Å²) in [5.41, 5.74) is 6.79. The molecule has 0 bridgehead atoms. The minimum Gasteiger partial charge on any atom is -0.481 e. The van der Waals surface area contributed by atoms with Gasteiger partial charge in [-0.25, -0.2) is 0 Å². The number of carboxylic acids is 1. The van der Waals surface area contributed by atoms with Gasteiger partial charge in [0.25, 0.3) is 0 Å². The first-order valence-electron chi connectivity index (χ1n) is 4.30. The molecule has 0 amide bonds. The maximum absolute atomic E-state index is 10.3. The lowest BCUT2D eigenvalue weighted by Gasteiger charge is -2.06. The average molecular weight is 261 g/mol. The summed E-state index contributed by atoms with van der Waals surface area (Å²) in [6.45, 7) is 0. The molecule has 0 saturated carbocycles. The van der Waals surface area contributed by atoms with Crippen LogP contribution >= 0.6 is 15.9 Å². The number of rotatable bonds is 4. The first-order chi connectivity index (χ1) is 6.50. The van der Waals surface area contributed by atoms with Gasteiger partial charge >= 0.3 is 5.97 Å². The third kappa shape index (κ3) is 2.85. The van der Waals surface area contributed by atoms with Crippen LogP contribution in [-0.2, 0) is 11.8 Å². The first kappa shape index (κ1) is 11.3. The van der Waals surface area contributed by atoms with Crippen molar-refractivity contribution in [2.75, 3.05) is 0 Å². The molecule has 1 unspecified atom stereocenters. The van der Waals surface area contributed by atoms with Gasteiger partial charge in [0.2, 0.25) is 0 Å². The lowest BCUT2D eigenvalue weighted by molar-refractivity contribution is -0.137. The maximum Gasteiger partial charge on any atom is 0.303 e. The molecule has 78 valence electrons. The number of halogens is 1. The summed E-state index contributed by atoms with van der Waals surface area (Å²) in [7, 11) is 1.90. The quantitative estimate of drug-likeness (QED) is 0.865. The summed E-state index contributed by atoms with van der Waals surface area (Å²) in [5.74, 6) is -0.810. The zero-order chi connectivity index (χ0) is 10.7. The van der Waals surface area contributed by atoms with E-state index >= 15 is 0 Å². The van der Waals surface area contributed by atoms with Gasteiger partial charge in [-0.15, -0.1) is 0 Å². The van der Waals surface area contributed by atoms with Crippen molar-refractivity contribution < 1.29 is 9.90 Å². The Morgan fingerprint density at radius 1 is 1.79 bits per heavy atom. The Bertz CT molecular complexity index is 316. The molecule has 0 fully saturated rings. The summed E-state index contributed by atoms with van der Waals surface area (Å²) in [5, 5.41) is 8.50. The molecule has 3 N–H and O–H groups in total. The molecule has 1 rings (SSSR count). The van der Waals surface area contributed by atoms with Crippen LogP contribution in [0.4, 0.5) is 0 Å². The van der Waals surface area contributed by atoms with Crippen molar-refractivity contribution in [1.82, 2.24) is 4.57 Å². The minimum absolute atomic E-state index is 0.105. The topological polar surface area (TPSA) is 68.2 Å². The number of carbonyl (C=O) groups is 1. The van der Waals surface area contributed by atoms with Gasteiger partial charge in [-0.05, 0) is 34.0 Å². The van der Waals surface area contributed by atoms with E-state index < -0.39 is 5.97 Å². The van der Waals surface area contributed by atoms with Crippen molar-refractivity contribution >= 4 is 21.9 Å². The number of carboxylic acid groups (broad SMARTS) is 1. The molecule has 4 nitrogen and oxygen atoms in total. The molecular weight excluding hydrogens is 248 g/mol. The Kier molecular flexibility index (Phi) is 3.71. The van der Waals surface area contributed by atoms with Crippen LogP contribution in [0.2, 0.25) is 0 Å². The minimum atomic E-state index is -0.810. The van der Waals surface area contributed by atoms with Crippen LogP contribution < -0.4 is 5.73 Å². The summed E-state index contributed by atoms with van der Waals surface area (Å²) >= 11 is 3.36. The molecule has 1 heterocycles. The molecule has 14 heavy (non-hydrogen) atoms. The van der Waals surface area contributed by atoms with Crippen LogP contribution in [0, 0.1) is 0 Å². The lowest BCUT2D eigenvalue weighted by atomic mass is 10.1. The highest BCUT2D eigenvalue weighted by Gasteiger charge is 2.10. The van der Waals surface area contributed by atoms with Gasteiger partial charge < -0.3 is 15.4 Å². The Morgan fingerprint density at radius 2 is 2.43 bits per heavy atom. The fourth-order valence-corrected chi connectivity index (χ4v) is 1.58. The Hall–Kier alpha value is -0.810. The standard InChI is InChI=1S/C9H13BrN2O2/c1-12-5-6(4-8(12)10)7(11)2-3-9(13)14/h4-5,7H,2-3,11H2,1H3,(H,13,14). The monoisotopic (exact) mass is 260 g/mol. The van der Waals surface area contributed by atoms with Gasteiger partial charge in [-0.1, -0.05) is 0 Å². The van der Waals surface area contributed by atoms with Crippen LogP contribution in [0.5, 0.6) is 0 Å². The molecule has 0 aliphatic rings. The first-order valence-corrected chi connectivity index (χ1v) is 5.09. The number of aromatic nitrogens is 1. The maximum atomic E-state index is 10.3. The van der Waals surface area contributed by atoms with E-state index in [0.717, 1.165) is 10.2 Å². The highest BCUT2D eigenvalue weighted by Crippen LogP contribution is 2.21. The fraction of sp³-hybridized carbons (Fsp3) is 0.444. The predicted molar refractivity (Wildman–Crippen MR) is 56.9 cm³/mol. The van der Waals surface area contributed by atoms with E-state index in [4.69, 9.17) is 10.8 Å². The van der Waals surface area contributed by atoms with Crippen molar-refractivity contribution in [1.29, 1.82) is 0 Å². The number of hydrogen-bond donors (Lipinski definition) is 2. The lowest BCUT2D eigenvalue weighted by Crippen LogP contribution is -2.11. The largest absolute Gasteiger partial charge is 0.481 e. The highest BCUT2D eigenvalue weighted by molar-refractivity contribution is 9.10. The third-order valence-electron chi connectivity index (χ3n) is 2.06. The zero-order valence-electron chi connectivity index (χ0n) is 7.90. The van der Waals surface area contributed by atoms with Crippen LogP contribution in [0.25, 0.3) is 0 Å². The van der Waals surface area contributed by atoms with Crippen molar-refractivity contribution in [3.05, 3.63) is 22.4 Å². The Morgan fingerprint density at radius 3 is 2.86 bits per heavy atom. The number of aryl methyl sites for hydroxylation is 1. The molecule has 0 radical (unpaired) electrons. The molecule has 1 aromatic rings. The van der Waals surface area contributed by atoms with Gasteiger partial charge in [0.05, 0.1) is 4.60 Å². The third-order valence-corrected chi connectivity index (χ3v) is 2.85. The summed E-state index contributed by atoms with van der Waals surface area (Å²) in [6, 6.07) is 1.70. The molecule has 0 aromatic carbocycles. The van der Waals surface area contributed by atoms with Crippen molar-refractivity contribution in [2.24, 2.45) is 12.8 Å². The van der Waals surface area contributed by atoms with E-state index in [-0.39, 0.29) is 12.5 Å². The second kappa shape index (κ2) is 4.61. The summed E-state index contributed by atoms with van der Waals surface area (Å²) < 4.78 is 2.84. The second-order valence-corrected chi connectivity index (χ2v) is 4.06. The second-order valence-electron chi connectivity index (χ2n) is 3.25. The SMILES string of the molecule is Cn1cc(C(N)CCC(=O)O)cc1Br. The van der Waals surface area contributed by atoms with E-state index in [1.54, 1.807) is 0 Å². The van der Waals surface area contributed by atoms with E-state index in [9.17, 15) is 4.79 Å². The van der Waals surface area contributed by atoms with E-state index in [1.165, 1.54) is 0 Å². The molecule has 0 spiro atoms. The van der Waals surface area contributed by atoms with Crippen molar-refractivity contribution in [2.45, 2.75) is 18.9 Å². The van der Waals surface area contributed by atoms with Crippen LogP contribution in [0.15, 0.2) is 16.9 Å². The number of aliphatic carboxylic acids is 1. The molecular formula is C9H13BrN2O2. The predicted octanol–water partition coefficient (Wildman–Crippen LogP) is 1.65. The normalized spacial score (nSPS) is 12.8. The molecule has 0 aliphatic heterocycles. The van der Waals surface area contributed by atoms with Gasteiger partial charge in [0.15, 0.2) is 0 Å². The molecule has 5 heteroatoms. The molecule has 0 aliphatic carbocycles. The Labute approximate surface area is 90.8 Å².